The molecule has 1 aliphatic rings. The van der Waals surface area contributed by atoms with Crippen LogP contribution in [0.15, 0.2) is 66.4 Å². The van der Waals surface area contributed by atoms with E-state index in [1.165, 1.54) is 18.3 Å². The minimum atomic E-state index is -0.458. The van der Waals surface area contributed by atoms with E-state index in [4.69, 9.17) is 0 Å². The van der Waals surface area contributed by atoms with Crippen LogP contribution in [-0.4, -0.2) is 22.0 Å². The zero-order chi connectivity index (χ0) is 22.0. The normalized spacial score (nSPS) is 15.8. The Hall–Kier alpha value is -3.87. The predicted octanol–water partition coefficient (Wildman–Crippen LogP) is 4.03. The highest BCUT2D eigenvalue weighted by atomic mass is 19.1. The lowest BCUT2D eigenvalue weighted by atomic mass is 9.86. The highest BCUT2D eigenvalue weighted by Crippen LogP contribution is 2.32. The molecule has 156 valence electrons. The van der Waals surface area contributed by atoms with Crippen molar-refractivity contribution in [1.82, 2.24) is 15.5 Å². The molecule has 2 heterocycles. The van der Waals surface area contributed by atoms with E-state index < -0.39 is 5.92 Å². The molecule has 1 aliphatic heterocycles. The van der Waals surface area contributed by atoms with Crippen LogP contribution in [0.1, 0.15) is 29.2 Å². The number of benzene rings is 2. The first kappa shape index (κ1) is 20.4. The highest BCUT2D eigenvalue weighted by molar-refractivity contribution is 6.07. The smallest absolute Gasteiger partial charge is 0.253 e. The van der Waals surface area contributed by atoms with E-state index in [-0.39, 0.29) is 24.1 Å². The Balaban J connectivity index is 1.62. The summed E-state index contributed by atoms with van der Waals surface area (Å²) in [6.45, 7) is 3.76. The number of halogens is 1. The number of nitrogens with one attached hydrogen (secondary N) is 2. The molecule has 0 bridgehead atoms. The van der Waals surface area contributed by atoms with Gasteiger partial charge in [-0.05, 0) is 55.3 Å². The Morgan fingerprint density at radius 3 is 2.55 bits per heavy atom. The van der Waals surface area contributed by atoms with Gasteiger partial charge in [-0.2, -0.15) is 10.2 Å². The lowest BCUT2D eigenvalue weighted by Gasteiger charge is -2.24. The van der Waals surface area contributed by atoms with E-state index in [1.54, 1.807) is 12.1 Å². The van der Waals surface area contributed by atoms with Crippen LogP contribution in [0.2, 0.25) is 0 Å². The summed E-state index contributed by atoms with van der Waals surface area (Å²) in [6, 6.07) is 15.3. The SMILES string of the molecule is Cc1ccc(-c2ccc(C)c(NC(=O)C3=CNC(=O)CC3c3ccc(F)cc3)c2)nn1. The third-order valence-corrected chi connectivity index (χ3v) is 5.27. The largest absolute Gasteiger partial charge is 0.332 e. The lowest BCUT2D eigenvalue weighted by molar-refractivity contribution is -0.121. The number of rotatable bonds is 4. The maximum Gasteiger partial charge on any atom is 0.253 e. The molecule has 6 nitrogen and oxygen atoms in total. The first-order valence-corrected chi connectivity index (χ1v) is 9.88. The van der Waals surface area contributed by atoms with Crippen molar-refractivity contribution in [2.45, 2.75) is 26.2 Å². The summed E-state index contributed by atoms with van der Waals surface area (Å²) in [5.41, 5.74) is 4.99. The summed E-state index contributed by atoms with van der Waals surface area (Å²) < 4.78 is 13.3. The molecule has 31 heavy (non-hydrogen) atoms. The van der Waals surface area contributed by atoms with Gasteiger partial charge in [0.05, 0.1) is 11.4 Å². The van der Waals surface area contributed by atoms with Gasteiger partial charge in [-0.15, -0.1) is 0 Å². The van der Waals surface area contributed by atoms with Gasteiger partial charge in [0, 0.05) is 35.4 Å². The van der Waals surface area contributed by atoms with Crippen molar-refractivity contribution in [3.05, 3.63) is 89.0 Å². The average molecular weight is 416 g/mol. The molecule has 1 atom stereocenters. The van der Waals surface area contributed by atoms with Crippen molar-refractivity contribution < 1.29 is 14.0 Å². The molecule has 2 aromatic carbocycles. The first-order valence-electron chi connectivity index (χ1n) is 9.88. The van der Waals surface area contributed by atoms with E-state index in [9.17, 15) is 14.0 Å². The maximum atomic E-state index is 13.3. The van der Waals surface area contributed by atoms with E-state index in [1.807, 2.05) is 44.2 Å². The molecule has 0 fully saturated rings. The number of hydrogen-bond acceptors (Lipinski definition) is 4. The van der Waals surface area contributed by atoms with Crippen LogP contribution in [0, 0.1) is 19.7 Å². The minimum absolute atomic E-state index is 0.114. The number of anilines is 1. The van der Waals surface area contributed by atoms with E-state index >= 15 is 0 Å². The Labute approximate surface area is 179 Å². The second-order valence-corrected chi connectivity index (χ2v) is 7.52. The van der Waals surface area contributed by atoms with E-state index in [0.717, 1.165) is 16.8 Å². The zero-order valence-corrected chi connectivity index (χ0v) is 17.1. The van der Waals surface area contributed by atoms with Crippen LogP contribution in [-0.2, 0) is 9.59 Å². The fourth-order valence-electron chi connectivity index (χ4n) is 3.49. The Bertz CT molecular complexity index is 1170. The van der Waals surface area contributed by atoms with Gasteiger partial charge >= 0.3 is 0 Å². The van der Waals surface area contributed by atoms with Crippen molar-refractivity contribution in [2.24, 2.45) is 0 Å². The quantitative estimate of drug-likeness (QED) is 0.673. The van der Waals surface area contributed by atoms with E-state index in [0.29, 0.717) is 22.5 Å². The molecule has 2 N–H and O–H groups in total. The first-order chi connectivity index (χ1) is 14.9. The topological polar surface area (TPSA) is 84.0 Å². The number of carbonyl (C=O) groups excluding carboxylic acids is 2. The van der Waals surface area contributed by atoms with Crippen LogP contribution in [0.25, 0.3) is 11.3 Å². The van der Waals surface area contributed by atoms with Crippen molar-refractivity contribution in [3.63, 3.8) is 0 Å². The summed E-state index contributed by atoms with van der Waals surface area (Å²) >= 11 is 0. The fraction of sp³-hybridized carbons (Fsp3) is 0.167. The van der Waals surface area contributed by atoms with E-state index in [2.05, 4.69) is 20.8 Å². The molecule has 0 aliphatic carbocycles. The van der Waals surface area contributed by atoms with Crippen LogP contribution >= 0.6 is 0 Å². The molecule has 1 unspecified atom stereocenters. The van der Waals surface area contributed by atoms with Gasteiger partial charge in [-0.1, -0.05) is 24.3 Å². The second kappa shape index (κ2) is 8.47. The molecular formula is C24H21FN4O2. The minimum Gasteiger partial charge on any atom is -0.332 e. The summed E-state index contributed by atoms with van der Waals surface area (Å²) in [5.74, 6) is -1.35. The van der Waals surface area contributed by atoms with Crippen LogP contribution < -0.4 is 10.6 Å². The van der Waals surface area contributed by atoms with Gasteiger partial charge in [0.2, 0.25) is 5.91 Å². The monoisotopic (exact) mass is 416 g/mol. The van der Waals surface area contributed by atoms with Gasteiger partial charge in [0.25, 0.3) is 5.91 Å². The number of aromatic nitrogens is 2. The summed E-state index contributed by atoms with van der Waals surface area (Å²) in [5, 5.41) is 13.8. The fourth-order valence-corrected chi connectivity index (χ4v) is 3.49. The number of nitrogens with zero attached hydrogens (tertiary/aromatic N) is 2. The summed E-state index contributed by atoms with van der Waals surface area (Å²) in [7, 11) is 0. The van der Waals surface area contributed by atoms with Gasteiger partial charge < -0.3 is 10.6 Å². The molecule has 1 aromatic heterocycles. The van der Waals surface area contributed by atoms with Gasteiger partial charge in [-0.3, -0.25) is 9.59 Å². The Morgan fingerprint density at radius 1 is 1.06 bits per heavy atom. The van der Waals surface area contributed by atoms with Crippen LogP contribution in [0.5, 0.6) is 0 Å². The maximum absolute atomic E-state index is 13.3. The van der Waals surface area contributed by atoms with Crippen molar-refractivity contribution in [2.75, 3.05) is 5.32 Å². The Morgan fingerprint density at radius 2 is 1.84 bits per heavy atom. The molecule has 0 saturated heterocycles. The predicted molar refractivity (Wildman–Crippen MR) is 116 cm³/mol. The average Bonchev–Trinajstić information content (AvgIpc) is 2.76. The number of amides is 2. The van der Waals surface area contributed by atoms with Crippen molar-refractivity contribution in [3.8, 4) is 11.3 Å². The molecule has 0 radical (unpaired) electrons. The van der Waals surface area contributed by atoms with Gasteiger partial charge in [0.15, 0.2) is 0 Å². The Kier molecular flexibility index (Phi) is 5.58. The molecule has 4 rings (SSSR count). The molecule has 0 saturated carbocycles. The van der Waals surface area contributed by atoms with Crippen molar-refractivity contribution in [1.29, 1.82) is 0 Å². The highest BCUT2D eigenvalue weighted by Gasteiger charge is 2.29. The van der Waals surface area contributed by atoms with Crippen molar-refractivity contribution >= 4 is 17.5 Å². The van der Waals surface area contributed by atoms with Gasteiger partial charge in [-0.25, -0.2) is 4.39 Å². The molecule has 0 spiro atoms. The molecule has 7 heteroatoms. The van der Waals surface area contributed by atoms with Gasteiger partial charge in [0.1, 0.15) is 5.82 Å². The second-order valence-electron chi connectivity index (χ2n) is 7.52. The number of hydrogen-bond donors (Lipinski definition) is 2. The zero-order valence-electron chi connectivity index (χ0n) is 17.1. The van der Waals surface area contributed by atoms with Crippen LogP contribution in [0.3, 0.4) is 0 Å². The third kappa shape index (κ3) is 4.50. The summed E-state index contributed by atoms with van der Waals surface area (Å²) in [6.07, 6.45) is 1.54. The number of carbonyl (C=O) groups is 2. The molecular weight excluding hydrogens is 395 g/mol. The summed E-state index contributed by atoms with van der Waals surface area (Å²) in [4.78, 5) is 25.1. The molecule has 2 amide bonds. The van der Waals surface area contributed by atoms with Crippen LogP contribution in [0.4, 0.5) is 10.1 Å². The lowest BCUT2D eigenvalue weighted by Crippen LogP contribution is -2.32. The number of aryl methyl sites for hydroxylation is 2. The molecule has 3 aromatic rings. The standard InChI is InChI=1S/C24H21FN4O2/c1-14-3-5-17(21-10-4-15(2)28-29-21)11-22(14)27-24(31)20-13-26-23(30)12-19(20)16-6-8-18(25)9-7-16/h3-11,13,19H,12H2,1-2H3,(H,26,30)(H,27,31). The third-order valence-electron chi connectivity index (χ3n) is 5.27.